The Balaban J connectivity index is 1.63. The summed E-state index contributed by atoms with van der Waals surface area (Å²) in [5, 5.41) is 9.66. The van der Waals surface area contributed by atoms with Gasteiger partial charge in [-0.25, -0.2) is 9.18 Å². The molecule has 1 aromatic heterocycles. The maximum atomic E-state index is 15.0. The molecule has 40 heavy (non-hydrogen) atoms. The highest BCUT2D eigenvalue weighted by molar-refractivity contribution is 7.90. The Labute approximate surface area is 229 Å². The minimum Gasteiger partial charge on any atom is -0.465 e. The first-order chi connectivity index (χ1) is 19.0. The summed E-state index contributed by atoms with van der Waals surface area (Å²) in [6.45, 7) is 1.41. The van der Waals surface area contributed by atoms with Gasteiger partial charge < -0.3 is 20.1 Å². The van der Waals surface area contributed by atoms with Crippen molar-refractivity contribution in [3.8, 4) is 11.5 Å². The lowest BCUT2D eigenvalue weighted by molar-refractivity contribution is -0.118. The molecule has 4 rings (SSSR count). The Morgan fingerprint density at radius 2 is 1.73 bits per heavy atom. The number of sulfonamides is 1. The minimum atomic E-state index is -4.11. The Morgan fingerprint density at radius 3 is 2.35 bits per heavy atom. The molecule has 12 heteroatoms. The number of hydrogen-bond acceptors (Lipinski definition) is 5. The van der Waals surface area contributed by atoms with Crippen LogP contribution >= 0.6 is 0 Å². The van der Waals surface area contributed by atoms with Crippen molar-refractivity contribution in [2.24, 2.45) is 10.1 Å². The van der Waals surface area contributed by atoms with Crippen LogP contribution in [-0.4, -0.2) is 30.1 Å². The molecule has 0 fully saturated rings. The van der Waals surface area contributed by atoms with Gasteiger partial charge in [-0.2, -0.15) is 8.42 Å². The maximum Gasteiger partial charge on any atom is 0.412 e. The van der Waals surface area contributed by atoms with Gasteiger partial charge in [0.1, 0.15) is 17.8 Å². The molecule has 0 aliphatic rings. The smallest absolute Gasteiger partial charge is 0.412 e. The zero-order valence-corrected chi connectivity index (χ0v) is 22.1. The molecular formula is C28H25FN4O6S. The monoisotopic (exact) mass is 564 g/mol. The second-order valence-electron chi connectivity index (χ2n) is 8.77. The number of benzene rings is 3. The van der Waals surface area contributed by atoms with E-state index in [1.165, 1.54) is 47.2 Å². The van der Waals surface area contributed by atoms with Crippen molar-refractivity contribution in [2.75, 3.05) is 4.90 Å². The number of nitrogens with zero attached hydrogens (tertiary/aromatic N) is 3. The molecule has 0 atom stereocenters. The molecule has 0 unspecified atom stereocenters. The Kier molecular flexibility index (Phi) is 8.29. The van der Waals surface area contributed by atoms with Crippen molar-refractivity contribution < 1.29 is 32.2 Å². The van der Waals surface area contributed by atoms with Gasteiger partial charge in [0.15, 0.2) is 11.6 Å². The molecule has 206 valence electrons. The highest BCUT2D eigenvalue weighted by Gasteiger charge is 2.18. The molecule has 0 bridgehead atoms. The van der Waals surface area contributed by atoms with E-state index in [4.69, 9.17) is 10.5 Å². The Bertz CT molecular complexity index is 1720. The summed E-state index contributed by atoms with van der Waals surface area (Å²) < 4.78 is 51.2. The van der Waals surface area contributed by atoms with Gasteiger partial charge in [0, 0.05) is 12.3 Å². The van der Waals surface area contributed by atoms with Crippen LogP contribution in [0.3, 0.4) is 0 Å². The van der Waals surface area contributed by atoms with Gasteiger partial charge in [-0.1, -0.05) is 48.0 Å². The van der Waals surface area contributed by atoms with Crippen molar-refractivity contribution in [1.29, 1.82) is 0 Å². The first kappa shape index (κ1) is 28.0. The van der Waals surface area contributed by atoms with Crippen LogP contribution < -0.4 is 20.9 Å². The molecule has 3 N–H and O–H groups in total. The number of aromatic nitrogens is 1. The van der Waals surface area contributed by atoms with Crippen molar-refractivity contribution in [3.63, 3.8) is 0 Å². The lowest BCUT2D eigenvalue weighted by atomic mass is 10.2. The van der Waals surface area contributed by atoms with E-state index in [9.17, 15) is 23.1 Å². The highest BCUT2D eigenvalue weighted by atomic mass is 32.2. The van der Waals surface area contributed by atoms with E-state index in [1.807, 2.05) is 6.92 Å². The van der Waals surface area contributed by atoms with Crippen LogP contribution in [0.25, 0.3) is 0 Å². The van der Waals surface area contributed by atoms with Crippen LogP contribution in [0.1, 0.15) is 11.1 Å². The molecule has 0 saturated carbocycles. The number of pyridine rings is 1. The number of rotatable bonds is 9. The standard InChI is InChI=1S/C28H25FN4O6S/c1-19-7-11-23(12-8-19)40(37,38)31-27-14-10-22(17-32(27)18-26(30)34)39-25-13-9-21(15-24(25)29)33(28(35)36)16-20-5-3-2-4-6-20/h2-15,17H,16,18H2,1H3,(H2,30,34)(H,35,36)/b31-27-. The van der Waals surface area contributed by atoms with Crippen molar-refractivity contribution >= 4 is 27.7 Å². The molecule has 4 aromatic rings. The van der Waals surface area contributed by atoms with Crippen molar-refractivity contribution in [2.45, 2.75) is 24.9 Å². The van der Waals surface area contributed by atoms with Gasteiger partial charge in [-0.15, -0.1) is 4.40 Å². The summed E-state index contributed by atoms with van der Waals surface area (Å²) in [5.41, 5.74) is 6.93. The molecule has 1 heterocycles. The maximum absolute atomic E-state index is 15.0. The van der Waals surface area contributed by atoms with Gasteiger partial charge in [-0.3, -0.25) is 9.69 Å². The van der Waals surface area contributed by atoms with E-state index in [2.05, 4.69) is 4.40 Å². The van der Waals surface area contributed by atoms with E-state index < -0.39 is 34.4 Å². The molecule has 3 aromatic carbocycles. The molecule has 0 aliphatic carbocycles. The number of carbonyl (C=O) groups excluding carboxylic acids is 1. The van der Waals surface area contributed by atoms with E-state index in [0.717, 1.165) is 22.1 Å². The molecule has 0 radical (unpaired) electrons. The summed E-state index contributed by atoms with van der Waals surface area (Å²) in [6, 6.07) is 21.3. The van der Waals surface area contributed by atoms with Crippen LogP contribution in [0.4, 0.5) is 14.9 Å². The third kappa shape index (κ3) is 6.91. The molecule has 0 aliphatic heterocycles. The summed E-state index contributed by atoms with van der Waals surface area (Å²) in [4.78, 5) is 24.5. The number of aryl methyl sites for hydroxylation is 1. The number of amides is 2. The van der Waals surface area contributed by atoms with Gasteiger partial charge in [0.25, 0.3) is 10.0 Å². The Hall–Kier alpha value is -4.97. The third-order valence-corrected chi connectivity index (χ3v) is 7.00. The average molecular weight is 565 g/mol. The number of carbonyl (C=O) groups is 2. The fourth-order valence-corrected chi connectivity index (χ4v) is 4.74. The number of hydrogen-bond donors (Lipinski definition) is 2. The fraction of sp³-hybridized carbons (Fsp3) is 0.107. The van der Waals surface area contributed by atoms with E-state index in [1.54, 1.807) is 42.5 Å². The number of primary amides is 1. The molecule has 2 amide bonds. The summed E-state index contributed by atoms with van der Waals surface area (Å²) in [6.07, 6.45) is 0.00458. The van der Waals surface area contributed by atoms with Crippen molar-refractivity contribution in [1.82, 2.24) is 4.57 Å². The van der Waals surface area contributed by atoms with E-state index >= 15 is 4.39 Å². The second kappa shape index (κ2) is 11.8. The fourth-order valence-electron chi connectivity index (χ4n) is 3.74. The minimum absolute atomic E-state index is 0.0133. The van der Waals surface area contributed by atoms with E-state index in [0.29, 0.717) is 0 Å². The van der Waals surface area contributed by atoms with Crippen LogP contribution in [0.15, 0.2) is 100 Å². The van der Waals surface area contributed by atoms with Crippen LogP contribution in [0.5, 0.6) is 11.5 Å². The van der Waals surface area contributed by atoms with Gasteiger partial charge in [0.2, 0.25) is 5.91 Å². The summed E-state index contributed by atoms with van der Waals surface area (Å²) in [7, 11) is -4.11. The van der Waals surface area contributed by atoms with Crippen LogP contribution in [0.2, 0.25) is 0 Å². The van der Waals surface area contributed by atoms with E-state index in [-0.39, 0.29) is 34.1 Å². The highest BCUT2D eigenvalue weighted by Crippen LogP contribution is 2.29. The predicted molar refractivity (Wildman–Crippen MR) is 145 cm³/mol. The zero-order chi connectivity index (χ0) is 28.9. The van der Waals surface area contributed by atoms with Gasteiger partial charge in [-0.05, 0) is 48.9 Å². The second-order valence-corrected chi connectivity index (χ2v) is 10.4. The predicted octanol–water partition coefficient (Wildman–Crippen LogP) is 4.19. The summed E-state index contributed by atoms with van der Waals surface area (Å²) >= 11 is 0. The molecule has 10 nitrogen and oxygen atoms in total. The number of halogens is 1. The van der Waals surface area contributed by atoms with Crippen LogP contribution in [-0.2, 0) is 27.9 Å². The molecule has 0 saturated heterocycles. The SMILES string of the molecule is Cc1ccc(S(=O)(=O)/N=c2/ccc(Oc3ccc(N(Cc4ccccc4)C(=O)O)cc3F)cn2CC(N)=O)cc1. The lowest BCUT2D eigenvalue weighted by Crippen LogP contribution is -2.29. The lowest BCUT2D eigenvalue weighted by Gasteiger charge is -2.20. The first-order valence-corrected chi connectivity index (χ1v) is 13.3. The Morgan fingerprint density at radius 1 is 1.02 bits per heavy atom. The number of anilines is 1. The first-order valence-electron chi connectivity index (χ1n) is 11.9. The van der Waals surface area contributed by atoms with Gasteiger partial charge >= 0.3 is 6.09 Å². The molecule has 0 spiro atoms. The zero-order valence-electron chi connectivity index (χ0n) is 21.3. The largest absolute Gasteiger partial charge is 0.465 e. The number of carboxylic acid groups (broad SMARTS) is 1. The molecular weight excluding hydrogens is 539 g/mol. The average Bonchev–Trinajstić information content (AvgIpc) is 2.90. The van der Waals surface area contributed by atoms with Gasteiger partial charge in [0.05, 0.1) is 17.1 Å². The quantitative estimate of drug-likeness (QED) is 0.312. The number of ether oxygens (including phenoxy) is 1. The topological polar surface area (TPSA) is 144 Å². The van der Waals surface area contributed by atoms with Crippen molar-refractivity contribution in [3.05, 3.63) is 114 Å². The normalized spacial score (nSPS) is 11.7. The third-order valence-electron chi connectivity index (χ3n) is 5.70. The van der Waals surface area contributed by atoms with Crippen LogP contribution in [0, 0.1) is 12.7 Å². The number of nitrogens with two attached hydrogens (primary N) is 1. The summed E-state index contributed by atoms with van der Waals surface area (Å²) in [5.74, 6) is -1.78.